The molecule has 4 rings (SSSR count). The molecule has 0 N–H and O–H groups in total. The SMILES string of the molecule is O=c1c2c(oc3ccccc13)-c1ccccc1CO2. The summed E-state index contributed by atoms with van der Waals surface area (Å²) in [6.07, 6.45) is 0. The van der Waals surface area contributed by atoms with E-state index in [1.807, 2.05) is 36.4 Å². The van der Waals surface area contributed by atoms with Gasteiger partial charge in [0.15, 0.2) is 5.76 Å². The molecule has 0 unspecified atom stereocenters. The number of para-hydroxylation sites is 1. The molecular weight excluding hydrogens is 240 g/mol. The van der Waals surface area contributed by atoms with E-state index in [4.69, 9.17) is 9.15 Å². The Hall–Kier alpha value is -2.55. The van der Waals surface area contributed by atoms with Crippen LogP contribution in [0.5, 0.6) is 5.75 Å². The van der Waals surface area contributed by atoms with Crippen LogP contribution in [-0.2, 0) is 6.61 Å². The number of hydrogen-bond donors (Lipinski definition) is 0. The highest BCUT2D eigenvalue weighted by Crippen LogP contribution is 2.36. The Morgan fingerprint density at radius 3 is 2.68 bits per heavy atom. The summed E-state index contributed by atoms with van der Waals surface area (Å²) in [5.41, 5.74) is 2.46. The van der Waals surface area contributed by atoms with Gasteiger partial charge in [-0.3, -0.25) is 4.79 Å². The molecule has 1 aliphatic rings. The van der Waals surface area contributed by atoms with Crippen LogP contribution in [0.25, 0.3) is 22.3 Å². The molecule has 3 nitrogen and oxygen atoms in total. The molecule has 0 amide bonds. The lowest BCUT2D eigenvalue weighted by molar-refractivity contribution is 0.290. The van der Waals surface area contributed by atoms with Gasteiger partial charge in [0.1, 0.15) is 12.2 Å². The second-order valence-corrected chi connectivity index (χ2v) is 4.53. The molecule has 0 bridgehead atoms. The first kappa shape index (κ1) is 10.4. The first-order valence-corrected chi connectivity index (χ1v) is 6.11. The maximum atomic E-state index is 12.4. The number of rotatable bonds is 0. The maximum absolute atomic E-state index is 12.4. The van der Waals surface area contributed by atoms with Gasteiger partial charge in [-0.15, -0.1) is 0 Å². The van der Waals surface area contributed by atoms with Crippen molar-refractivity contribution in [1.29, 1.82) is 0 Å². The highest BCUT2D eigenvalue weighted by molar-refractivity contribution is 5.83. The van der Waals surface area contributed by atoms with Crippen LogP contribution in [0.2, 0.25) is 0 Å². The Kier molecular flexibility index (Phi) is 2.03. The molecule has 0 saturated carbocycles. The van der Waals surface area contributed by atoms with Crippen LogP contribution < -0.4 is 10.2 Å². The monoisotopic (exact) mass is 250 g/mol. The van der Waals surface area contributed by atoms with Crippen LogP contribution in [-0.4, -0.2) is 0 Å². The highest BCUT2D eigenvalue weighted by Gasteiger charge is 2.23. The standard InChI is InChI=1S/C16H10O3/c17-14-12-7-3-4-8-13(12)19-15-11-6-2-1-5-10(11)9-18-16(14)15/h1-8H,9H2. The Bertz CT molecular complexity index is 846. The Balaban J connectivity index is 2.15. The van der Waals surface area contributed by atoms with Gasteiger partial charge in [-0.25, -0.2) is 0 Å². The summed E-state index contributed by atoms with van der Waals surface area (Å²) in [6.45, 7) is 0.409. The van der Waals surface area contributed by atoms with Crippen molar-refractivity contribution in [3.63, 3.8) is 0 Å². The molecule has 19 heavy (non-hydrogen) atoms. The van der Waals surface area contributed by atoms with Gasteiger partial charge in [0.05, 0.1) is 5.39 Å². The number of ether oxygens (including phenoxy) is 1. The second kappa shape index (κ2) is 3.72. The summed E-state index contributed by atoms with van der Waals surface area (Å²) in [7, 11) is 0. The van der Waals surface area contributed by atoms with E-state index in [0.29, 0.717) is 29.1 Å². The first-order chi connectivity index (χ1) is 9.34. The van der Waals surface area contributed by atoms with E-state index in [-0.39, 0.29) is 5.43 Å². The Morgan fingerprint density at radius 1 is 0.947 bits per heavy atom. The molecule has 2 aromatic carbocycles. The van der Waals surface area contributed by atoms with Gasteiger partial charge in [-0.05, 0) is 12.1 Å². The zero-order valence-electron chi connectivity index (χ0n) is 10.1. The number of hydrogen-bond acceptors (Lipinski definition) is 3. The minimum atomic E-state index is -0.105. The van der Waals surface area contributed by atoms with E-state index in [9.17, 15) is 4.79 Å². The second-order valence-electron chi connectivity index (χ2n) is 4.53. The zero-order chi connectivity index (χ0) is 12.8. The first-order valence-electron chi connectivity index (χ1n) is 6.11. The van der Waals surface area contributed by atoms with Crippen LogP contribution in [0.3, 0.4) is 0 Å². The van der Waals surface area contributed by atoms with Gasteiger partial charge in [0, 0.05) is 11.1 Å². The van der Waals surface area contributed by atoms with Crippen molar-refractivity contribution in [2.75, 3.05) is 0 Å². The molecule has 92 valence electrons. The summed E-state index contributed by atoms with van der Waals surface area (Å²) in [5.74, 6) is 0.850. The summed E-state index contributed by atoms with van der Waals surface area (Å²) >= 11 is 0. The molecule has 1 aliphatic heterocycles. The van der Waals surface area contributed by atoms with Crippen molar-refractivity contribution < 1.29 is 9.15 Å². The van der Waals surface area contributed by atoms with Gasteiger partial charge >= 0.3 is 0 Å². The van der Waals surface area contributed by atoms with Crippen LogP contribution in [0.1, 0.15) is 5.56 Å². The largest absolute Gasteiger partial charge is 0.481 e. The molecular formula is C16H10O3. The molecule has 0 radical (unpaired) electrons. The van der Waals surface area contributed by atoms with E-state index in [0.717, 1.165) is 11.1 Å². The maximum Gasteiger partial charge on any atom is 0.235 e. The minimum absolute atomic E-state index is 0.105. The van der Waals surface area contributed by atoms with Crippen molar-refractivity contribution in [2.45, 2.75) is 6.61 Å². The van der Waals surface area contributed by atoms with E-state index in [1.54, 1.807) is 12.1 Å². The lowest BCUT2D eigenvalue weighted by Gasteiger charge is -2.19. The number of fused-ring (bicyclic) bond motifs is 4. The summed E-state index contributed by atoms with van der Waals surface area (Å²) in [4.78, 5) is 12.4. The average Bonchev–Trinajstić information content (AvgIpc) is 2.47. The fourth-order valence-corrected chi connectivity index (χ4v) is 2.45. The van der Waals surface area contributed by atoms with Crippen molar-refractivity contribution in [2.24, 2.45) is 0 Å². The van der Waals surface area contributed by atoms with Crippen molar-refractivity contribution >= 4 is 11.0 Å². The zero-order valence-corrected chi connectivity index (χ0v) is 10.1. The van der Waals surface area contributed by atoms with Gasteiger partial charge in [0.25, 0.3) is 0 Å². The van der Waals surface area contributed by atoms with E-state index >= 15 is 0 Å². The van der Waals surface area contributed by atoms with E-state index in [2.05, 4.69) is 0 Å². The van der Waals surface area contributed by atoms with Gasteiger partial charge in [-0.1, -0.05) is 36.4 Å². The lowest BCUT2D eigenvalue weighted by Crippen LogP contribution is -2.14. The lowest BCUT2D eigenvalue weighted by atomic mass is 10.0. The van der Waals surface area contributed by atoms with Crippen LogP contribution in [0.4, 0.5) is 0 Å². The smallest absolute Gasteiger partial charge is 0.235 e. The van der Waals surface area contributed by atoms with Crippen molar-refractivity contribution in [1.82, 2.24) is 0 Å². The quantitative estimate of drug-likeness (QED) is 0.614. The predicted octanol–water partition coefficient (Wildman–Crippen LogP) is 3.35. The third kappa shape index (κ3) is 1.41. The molecule has 1 aromatic heterocycles. The number of benzene rings is 2. The summed E-state index contributed by atoms with van der Waals surface area (Å²) in [5, 5.41) is 0.556. The molecule has 0 fully saturated rings. The topological polar surface area (TPSA) is 39.4 Å². The molecule has 3 heteroatoms. The van der Waals surface area contributed by atoms with Gasteiger partial charge in [0.2, 0.25) is 11.2 Å². The van der Waals surface area contributed by atoms with Crippen molar-refractivity contribution in [3.05, 3.63) is 64.3 Å². The molecule has 3 aromatic rings. The highest BCUT2D eigenvalue weighted by atomic mass is 16.5. The molecule has 2 heterocycles. The molecule has 0 saturated heterocycles. The third-order valence-corrected chi connectivity index (χ3v) is 3.39. The van der Waals surface area contributed by atoms with Crippen molar-refractivity contribution in [3.8, 4) is 17.1 Å². The average molecular weight is 250 g/mol. The van der Waals surface area contributed by atoms with Crippen LogP contribution >= 0.6 is 0 Å². The predicted molar refractivity (Wildman–Crippen MR) is 72.3 cm³/mol. The van der Waals surface area contributed by atoms with Crippen LogP contribution in [0, 0.1) is 0 Å². The van der Waals surface area contributed by atoms with Gasteiger partial charge in [-0.2, -0.15) is 0 Å². The fourth-order valence-electron chi connectivity index (χ4n) is 2.45. The molecule has 0 atom stereocenters. The Morgan fingerprint density at radius 2 is 1.74 bits per heavy atom. The molecule has 0 spiro atoms. The van der Waals surface area contributed by atoms with E-state index < -0.39 is 0 Å². The van der Waals surface area contributed by atoms with E-state index in [1.165, 1.54) is 0 Å². The third-order valence-electron chi connectivity index (χ3n) is 3.39. The Labute approximate surface area is 109 Å². The van der Waals surface area contributed by atoms with Gasteiger partial charge < -0.3 is 9.15 Å². The minimum Gasteiger partial charge on any atom is -0.481 e. The van der Waals surface area contributed by atoms with Crippen LogP contribution in [0.15, 0.2) is 57.7 Å². The fraction of sp³-hybridized carbons (Fsp3) is 0.0625. The normalized spacial score (nSPS) is 12.6. The summed E-state index contributed by atoms with van der Waals surface area (Å²) in [6, 6.07) is 15.0. The summed E-state index contributed by atoms with van der Waals surface area (Å²) < 4.78 is 11.4. The molecule has 0 aliphatic carbocycles.